The lowest BCUT2D eigenvalue weighted by Crippen LogP contribution is -2.30. The Hall–Kier alpha value is -2.28. The lowest BCUT2D eigenvalue weighted by molar-refractivity contribution is -0.113. The quantitative estimate of drug-likeness (QED) is 0.576. The highest BCUT2D eigenvalue weighted by molar-refractivity contribution is 7.80. The number of methoxy groups -OCH3 is 2. The van der Waals surface area contributed by atoms with Gasteiger partial charge in [-0.1, -0.05) is 23.2 Å². The average Bonchev–Trinajstić information content (AvgIpc) is 2.88. The summed E-state index contributed by atoms with van der Waals surface area (Å²) in [6.45, 7) is 1.87. The molecule has 2 aromatic carbocycles. The van der Waals surface area contributed by atoms with E-state index in [0.717, 1.165) is 5.56 Å². The third-order valence-corrected chi connectivity index (χ3v) is 4.85. The SMILES string of the molecule is COc1cc(/C=C2\NC(=S)N(c3ccc(Cl)cc3C)C2=O)cc(Cl)c1OC. The molecule has 0 atom stereocenters. The number of aryl methyl sites for hydroxylation is 1. The number of halogens is 2. The van der Waals surface area contributed by atoms with Crippen LogP contribution in [0.2, 0.25) is 10.0 Å². The van der Waals surface area contributed by atoms with E-state index in [9.17, 15) is 4.79 Å². The number of carbonyl (C=O) groups is 1. The summed E-state index contributed by atoms with van der Waals surface area (Å²) in [5.41, 5.74) is 2.52. The number of carbonyl (C=O) groups excluding carboxylic acids is 1. The van der Waals surface area contributed by atoms with Crippen molar-refractivity contribution >= 4 is 58.2 Å². The average molecular weight is 423 g/mol. The zero-order valence-electron chi connectivity index (χ0n) is 14.8. The second kappa shape index (κ2) is 7.76. The zero-order valence-corrected chi connectivity index (χ0v) is 17.1. The molecule has 1 amide bonds. The van der Waals surface area contributed by atoms with Gasteiger partial charge in [0.05, 0.1) is 24.9 Å². The Bertz CT molecular complexity index is 976. The molecule has 5 nitrogen and oxygen atoms in total. The van der Waals surface area contributed by atoms with Gasteiger partial charge in [-0.05, 0) is 66.7 Å². The number of anilines is 1. The first-order valence-electron chi connectivity index (χ1n) is 7.90. The van der Waals surface area contributed by atoms with Crippen LogP contribution in [-0.4, -0.2) is 25.2 Å². The van der Waals surface area contributed by atoms with Crippen molar-refractivity contribution in [2.75, 3.05) is 19.1 Å². The Morgan fingerprint density at radius 3 is 2.52 bits per heavy atom. The molecule has 1 N–H and O–H groups in total. The molecule has 0 aromatic heterocycles. The van der Waals surface area contributed by atoms with Gasteiger partial charge in [0, 0.05) is 5.02 Å². The molecule has 2 aromatic rings. The third-order valence-electron chi connectivity index (χ3n) is 4.04. The Morgan fingerprint density at radius 2 is 1.89 bits per heavy atom. The number of nitrogens with zero attached hydrogens (tertiary/aromatic N) is 1. The molecule has 1 saturated heterocycles. The Balaban J connectivity index is 1.98. The first-order valence-corrected chi connectivity index (χ1v) is 9.07. The minimum absolute atomic E-state index is 0.267. The van der Waals surface area contributed by atoms with E-state index in [0.29, 0.717) is 43.6 Å². The number of hydrogen-bond donors (Lipinski definition) is 1. The van der Waals surface area contributed by atoms with Crippen LogP contribution in [-0.2, 0) is 4.79 Å². The fourth-order valence-electron chi connectivity index (χ4n) is 2.81. The monoisotopic (exact) mass is 422 g/mol. The second-order valence-corrected chi connectivity index (χ2v) is 7.03. The topological polar surface area (TPSA) is 50.8 Å². The van der Waals surface area contributed by atoms with Crippen LogP contribution >= 0.6 is 35.4 Å². The van der Waals surface area contributed by atoms with Crippen LogP contribution in [0.25, 0.3) is 6.08 Å². The number of rotatable bonds is 4. The van der Waals surface area contributed by atoms with E-state index in [1.807, 2.05) is 6.92 Å². The summed E-state index contributed by atoms with van der Waals surface area (Å²) >= 11 is 17.6. The maximum absolute atomic E-state index is 12.9. The number of thiocarbonyl (C=S) groups is 1. The van der Waals surface area contributed by atoms with Crippen LogP contribution in [0.5, 0.6) is 11.5 Å². The van der Waals surface area contributed by atoms with E-state index >= 15 is 0 Å². The van der Waals surface area contributed by atoms with Gasteiger partial charge in [0.2, 0.25) is 0 Å². The van der Waals surface area contributed by atoms with Crippen LogP contribution < -0.4 is 19.7 Å². The van der Waals surface area contributed by atoms with Gasteiger partial charge in [0.1, 0.15) is 5.70 Å². The van der Waals surface area contributed by atoms with E-state index in [-0.39, 0.29) is 5.91 Å². The van der Waals surface area contributed by atoms with Crippen molar-refractivity contribution in [3.8, 4) is 11.5 Å². The first kappa shape index (κ1) is 19.5. The highest BCUT2D eigenvalue weighted by Gasteiger charge is 2.33. The summed E-state index contributed by atoms with van der Waals surface area (Å²) in [6, 6.07) is 8.67. The Kier molecular flexibility index (Phi) is 5.60. The number of benzene rings is 2. The van der Waals surface area contributed by atoms with Gasteiger partial charge < -0.3 is 14.8 Å². The van der Waals surface area contributed by atoms with Crippen molar-refractivity contribution in [1.29, 1.82) is 0 Å². The number of amides is 1. The van der Waals surface area contributed by atoms with E-state index in [2.05, 4.69) is 5.32 Å². The van der Waals surface area contributed by atoms with Crippen molar-refractivity contribution in [2.24, 2.45) is 0 Å². The van der Waals surface area contributed by atoms with Crippen LogP contribution in [0.4, 0.5) is 5.69 Å². The maximum Gasteiger partial charge on any atom is 0.281 e. The summed E-state index contributed by atoms with van der Waals surface area (Å²) in [5, 5.41) is 4.22. The predicted molar refractivity (Wildman–Crippen MR) is 112 cm³/mol. The fraction of sp³-hybridized carbons (Fsp3) is 0.158. The first-order chi connectivity index (χ1) is 12.8. The van der Waals surface area contributed by atoms with Crippen molar-refractivity contribution in [1.82, 2.24) is 5.32 Å². The van der Waals surface area contributed by atoms with Gasteiger partial charge >= 0.3 is 0 Å². The lowest BCUT2D eigenvalue weighted by atomic mass is 10.1. The van der Waals surface area contributed by atoms with Gasteiger partial charge in [0.15, 0.2) is 16.6 Å². The summed E-state index contributed by atoms with van der Waals surface area (Å²) in [7, 11) is 3.03. The molecule has 1 heterocycles. The minimum Gasteiger partial charge on any atom is -0.493 e. The van der Waals surface area contributed by atoms with Gasteiger partial charge in [0.25, 0.3) is 5.91 Å². The maximum atomic E-state index is 12.9. The molecule has 140 valence electrons. The molecule has 1 fully saturated rings. The predicted octanol–water partition coefficient (Wildman–Crippen LogP) is 4.58. The summed E-state index contributed by atoms with van der Waals surface area (Å²) in [6.07, 6.45) is 1.66. The molecule has 0 aliphatic carbocycles. The molecule has 1 aliphatic heterocycles. The van der Waals surface area contributed by atoms with Crippen molar-refractivity contribution in [2.45, 2.75) is 6.92 Å². The van der Waals surface area contributed by atoms with E-state index in [1.54, 1.807) is 36.4 Å². The highest BCUT2D eigenvalue weighted by atomic mass is 35.5. The van der Waals surface area contributed by atoms with Crippen LogP contribution in [0.15, 0.2) is 36.0 Å². The van der Waals surface area contributed by atoms with E-state index in [1.165, 1.54) is 19.1 Å². The summed E-state index contributed by atoms with van der Waals surface area (Å²) < 4.78 is 10.5. The number of ether oxygens (including phenoxy) is 2. The van der Waals surface area contributed by atoms with Crippen LogP contribution in [0.1, 0.15) is 11.1 Å². The Morgan fingerprint density at radius 1 is 1.15 bits per heavy atom. The fourth-order valence-corrected chi connectivity index (χ4v) is 3.63. The van der Waals surface area contributed by atoms with Gasteiger partial charge in [-0.15, -0.1) is 0 Å². The molecular formula is C19H16Cl2N2O3S. The zero-order chi connectivity index (χ0) is 19.7. The van der Waals surface area contributed by atoms with Gasteiger partial charge in [-0.2, -0.15) is 0 Å². The molecule has 0 spiro atoms. The van der Waals surface area contributed by atoms with Crippen LogP contribution in [0.3, 0.4) is 0 Å². The van der Waals surface area contributed by atoms with Crippen molar-refractivity contribution in [3.63, 3.8) is 0 Å². The molecule has 3 rings (SSSR count). The number of hydrogen-bond acceptors (Lipinski definition) is 4. The molecule has 8 heteroatoms. The Labute approximate surface area is 172 Å². The lowest BCUT2D eigenvalue weighted by Gasteiger charge is -2.16. The second-order valence-electron chi connectivity index (χ2n) is 5.80. The molecule has 0 radical (unpaired) electrons. The normalized spacial score (nSPS) is 15.3. The highest BCUT2D eigenvalue weighted by Crippen LogP contribution is 2.37. The standard InChI is InChI=1S/C19H16Cl2N2O3S/c1-10-6-12(20)4-5-15(10)23-18(24)14(22-19(23)27)8-11-7-13(21)17(26-3)16(9-11)25-2/h4-9H,1-3H3,(H,22,27)/b14-8-. The molecule has 0 bridgehead atoms. The van der Waals surface area contributed by atoms with Gasteiger partial charge in [-0.25, -0.2) is 0 Å². The van der Waals surface area contributed by atoms with E-state index in [4.69, 9.17) is 44.9 Å². The third kappa shape index (κ3) is 3.74. The van der Waals surface area contributed by atoms with Gasteiger partial charge in [-0.3, -0.25) is 9.69 Å². The van der Waals surface area contributed by atoms with E-state index < -0.39 is 0 Å². The van der Waals surface area contributed by atoms with Crippen molar-refractivity contribution < 1.29 is 14.3 Å². The summed E-state index contributed by atoms with van der Waals surface area (Å²) in [5.74, 6) is 0.632. The van der Waals surface area contributed by atoms with Crippen LogP contribution in [0, 0.1) is 6.92 Å². The summed E-state index contributed by atoms with van der Waals surface area (Å²) in [4.78, 5) is 14.3. The smallest absolute Gasteiger partial charge is 0.281 e. The molecule has 1 aliphatic rings. The minimum atomic E-state index is -0.267. The molecule has 0 saturated carbocycles. The molecular weight excluding hydrogens is 407 g/mol. The molecule has 0 unspecified atom stereocenters. The molecule has 27 heavy (non-hydrogen) atoms. The van der Waals surface area contributed by atoms with Crippen molar-refractivity contribution in [3.05, 3.63) is 57.2 Å². The largest absolute Gasteiger partial charge is 0.493 e. The number of nitrogens with one attached hydrogen (secondary N) is 1.